The van der Waals surface area contributed by atoms with Gasteiger partial charge in [-0.1, -0.05) is 11.8 Å². The van der Waals surface area contributed by atoms with Crippen molar-refractivity contribution in [1.82, 2.24) is 20.3 Å². The van der Waals surface area contributed by atoms with Crippen LogP contribution in [-0.4, -0.2) is 32.7 Å². The molecule has 2 N–H and O–H groups in total. The van der Waals surface area contributed by atoms with E-state index in [4.69, 9.17) is 0 Å². The van der Waals surface area contributed by atoms with Crippen LogP contribution in [0.1, 0.15) is 29.7 Å². The Hall–Kier alpha value is -1.67. The predicted octanol–water partition coefficient (Wildman–Crippen LogP) is 2.07. The summed E-state index contributed by atoms with van der Waals surface area (Å²) in [5.41, 5.74) is 1.48. The number of thiazole rings is 1. The number of aromatic amines is 1. The van der Waals surface area contributed by atoms with Crippen LogP contribution in [0, 0.1) is 13.8 Å². The average molecular weight is 352 g/mol. The number of aryl methyl sites for hydroxylation is 3. The van der Waals surface area contributed by atoms with Gasteiger partial charge >= 0.3 is 0 Å². The van der Waals surface area contributed by atoms with E-state index in [2.05, 4.69) is 20.3 Å². The van der Waals surface area contributed by atoms with Gasteiger partial charge in [-0.05, 0) is 27.2 Å². The van der Waals surface area contributed by atoms with E-state index >= 15 is 0 Å². The second-order valence-corrected chi connectivity index (χ2v) is 7.50. The van der Waals surface area contributed by atoms with Gasteiger partial charge in [0, 0.05) is 35.8 Å². The Morgan fingerprint density at radius 1 is 1.39 bits per heavy atom. The summed E-state index contributed by atoms with van der Waals surface area (Å²) < 4.78 is 0. The van der Waals surface area contributed by atoms with Crippen LogP contribution < -0.4 is 10.9 Å². The maximum Gasteiger partial charge on any atom is 0.251 e. The van der Waals surface area contributed by atoms with Gasteiger partial charge in [-0.15, -0.1) is 11.3 Å². The predicted molar refractivity (Wildman–Crippen MR) is 93.1 cm³/mol. The summed E-state index contributed by atoms with van der Waals surface area (Å²) in [6, 6.07) is 1.43. The van der Waals surface area contributed by atoms with Gasteiger partial charge in [-0.3, -0.25) is 9.59 Å². The number of amides is 1. The molecule has 0 aromatic carbocycles. The molecular formula is C15H20N4O2S2. The summed E-state index contributed by atoms with van der Waals surface area (Å²) in [4.78, 5) is 34.7. The zero-order valence-electron chi connectivity index (χ0n) is 13.4. The molecule has 2 aromatic rings. The summed E-state index contributed by atoms with van der Waals surface area (Å²) in [6.07, 6.45) is 1.72. The number of hydrogen-bond acceptors (Lipinski definition) is 6. The zero-order valence-corrected chi connectivity index (χ0v) is 15.0. The molecule has 0 bridgehead atoms. The van der Waals surface area contributed by atoms with Crippen LogP contribution in [0.5, 0.6) is 0 Å². The number of nitrogens with zero attached hydrogens (tertiary/aromatic N) is 2. The SMILES string of the molecule is Cc1cc(=O)[nH]c(SC(C)C(=O)NCCCc2nc(C)cs2)n1. The van der Waals surface area contributed by atoms with Gasteiger partial charge in [0.25, 0.3) is 5.56 Å². The molecule has 2 rings (SSSR count). The van der Waals surface area contributed by atoms with E-state index in [1.807, 2.05) is 12.3 Å². The lowest BCUT2D eigenvalue weighted by molar-refractivity contribution is -0.120. The zero-order chi connectivity index (χ0) is 16.8. The van der Waals surface area contributed by atoms with Crippen LogP contribution in [-0.2, 0) is 11.2 Å². The first kappa shape index (κ1) is 17.7. The number of rotatable bonds is 7. The third kappa shape index (κ3) is 5.80. The highest BCUT2D eigenvalue weighted by Gasteiger charge is 2.15. The molecule has 0 aliphatic carbocycles. The summed E-state index contributed by atoms with van der Waals surface area (Å²) in [5, 5.41) is 6.19. The normalized spacial score (nSPS) is 12.1. The molecule has 2 aromatic heterocycles. The number of H-pyrrole nitrogens is 1. The summed E-state index contributed by atoms with van der Waals surface area (Å²) >= 11 is 2.90. The topological polar surface area (TPSA) is 87.7 Å². The molecule has 1 atom stereocenters. The van der Waals surface area contributed by atoms with E-state index in [9.17, 15) is 9.59 Å². The molecule has 0 fully saturated rings. The molecule has 8 heteroatoms. The molecule has 2 heterocycles. The molecule has 6 nitrogen and oxygen atoms in total. The maximum absolute atomic E-state index is 12.1. The Morgan fingerprint density at radius 2 is 2.17 bits per heavy atom. The molecule has 0 spiro atoms. The highest BCUT2D eigenvalue weighted by atomic mass is 32.2. The lowest BCUT2D eigenvalue weighted by atomic mass is 10.3. The Balaban J connectivity index is 1.75. The molecule has 0 saturated heterocycles. The van der Waals surface area contributed by atoms with Gasteiger partial charge in [0.2, 0.25) is 5.91 Å². The van der Waals surface area contributed by atoms with Crippen LogP contribution in [0.25, 0.3) is 0 Å². The average Bonchev–Trinajstić information content (AvgIpc) is 2.87. The largest absolute Gasteiger partial charge is 0.355 e. The number of hydrogen-bond donors (Lipinski definition) is 2. The molecule has 124 valence electrons. The van der Waals surface area contributed by atoms with Crippen LogP contribution >= 0.6 is 23.1 Å². The minimum atomic E-state index is -0.318. The highest BCUT2D eigenvalue weighted by Crippen LogP contribution is 2.18. The molecule has 0 aliphatic rings. The van der Waals surface area contributed by atoms with Crippen molar-refractivity contribution in [2.45, 2.75) is 44.0 Å². The fourth-order valence-corrected chi connectivity index (χ4v) is 3.64. The molecule has 0 aliphatic heterocycles. The molecule has 0 saturated carbocycles. The third-order valence-electron chi connectivity index (χ3n) is 3.04. The first-order chi connectivity index (χ1) is 10.9. The second-order valence-electron chi connectivity index (χ2n) is 5.23. The minimum absolute atomic E-state index is 0.0607. The lowest BCUT2D eigenvalue weighted by Crippen LogP contribution is -2.32. The maximum atomic E-state index is 12.1. The quantitative estimate of drug-likeness (QED) is 0.452. The van der Waals surface area contributed by atoms with Gasteiger partial charge < -0.3 is 10.3 Å². The summed E-state index contributed by atoms with van der Waals surface area (Å²) in [7, 11) is 0. The number of thioether (sulfide) groups is 1. The number of aromatic nitrogens is 3. The van der Waals surface area contributed by atoms with Crippen LogP contribution in [0.3, 0.4) is 0 Å². The molecule has 23 heavy (non-hydrogen) atoms. The number of carbonyl (C=O) groups excluding carboxylic acids is 1. The first-order valence-corrected chi connectivity index (χ1v) is 9.13. The van der Waals surface area contributed by atoms with E-state index in [0.717, 1.165) is 23.5 Å². The van der Waals surface area contributed by atoms with Crippen molar-refractivity contribution in [3.63, 3.8) is 0 Å². The van der Waals surface area contributed by atoms with Crippen LogP contribution in [0.15, 0.2) is 21.4 Å². The van der Waals surface area contributed by atoms with E-state index < -0.39 is 0 Å². The van der Waals surface area contributed by atoms with Gasteiger partial charge in [0.1, 0.15) is 0 Å². The molecule has 1 unspecified atom stereocenters. The van der Waals surface area contributed by atoms with Crippen molar-refractivity contribution in [2.75, 3.05) is 6.54 Å². The Kier molecular flexibility index (Phi) is 6.35. The van der Waals surface area contributed by atoms with Crippen molar-refractivity contribution >= 4 is 29.0 Å². The van der Waals surface area contributed by atoms with Gasteiger partial charge in [0.05, 0.1) is 10.3 Å². The Bertz CT molecular complexity index is 726. The van der Waals surface area contributed by atoms with Crippen molar-refractivity contribution in [3.8, 4) is 0 Å². The first-order valence-electron chi connectivity index (χ1n) is 7.37. The fourth-order valence-electron chi connectivity index (χ4n) is 1.94. The van der Waals surface area contributed by atoms with Crippen molar-refractivity contribution < 1.29 is 4.79 Å². The molecule has 1 amide bonds. The molecular weight excluding hydrogens is 332 g/mol. The lowest BCUT2D eigenvalue weighted by Gasteiger charge is -2.11. The van der Waals surface area contributed by atoms with E-state index in [0.29, 0.717) is 17.4 Å². The monoisotopic (exact) mass is 352 g/mol. The van der Waals surface area contributed by atoms with Crippen molar-refractivity contribution in [2.24, 2.45) is 0 Å². The third-order valence-corrected chi connectivity index (χ3v) is 5.05. The van der Waals surface area contributed by atoms with Crippen molar-refractivity contribution in [3.05, 3.63) is 38.2 Å². The Morgan fingerprint density at radius 3 is 2.83 bits per heavy atom. The van der Waals surface area contributed by atoms with Crippen LogP contribution in [0.4, 0.5) is 0 Å². The number of carbonyl (C=O) groups is 1. The standard InChI is InChI=1S/C15H20N4O2S2/c1-9-7-12(20)19-15(18-9)23-11(3)14(21)16-6-4-5-13-17-10(2)8-22-13/h7-8,11H,4-6H2,1-3H3,(H,16,21)(H,18,19,20). The van der Waals surface area contributed by atoms with Crippen LogP contribution in [0.2, 0.25) is 0 Å². The van der Waals surface area contributed by atoms with Gasteiger partial charge in [0.15, 0.2) is 5.16 Å². The smallest absolute Gasteiger partial charge is 0.251 e. The summed E-state index contributed by atoms with van der Waals surface area (Å²) in [5.74, 6) is -0.0607. The Labute approximate surface area is 143 Å². The highest BCUT2D eigenvalue weighted by molar-refractivity contribution is 8.00. The fraction of sp³-hybridized carbons (Fsp3) is 0.467. The second kappa shape index (κ2) is 8.26. The van der Waals surface area contributed by atoms with E-state index in [-0.39, 0.29) is 16.7 Å². The summed E-state index contributed by atoms with van der Waals surface area (Å²) in [6.45, 7) is 6.14. The van der Waals surface area contributed by atoms with E-state index in [1.165, 1.54) is 17.8 Å². The van der Waals surface area contributed by atoms with E-state index in [1.54, 1.807) is 25.2 Å². The van der Waals surface area contributed by atoms with Gasteiger partial charge in [-0.2, -0.15) is 0 Å². The minimum Gasteiger partial charge on any atom is -0.355 e. The number of nitrogens with one attached hydrogen (secondary N) is 2. The molecule has 0 radical (unpaired) electrons. The van der Waals surface area contributed by atoms with Crippen molar-refractivity contribution in [1.29, 1.82) is 0 Å². The van der Waals surface area contributed by atoms with Gasteiger partial charge in [-0.25, -0.2) is 9.97 Å².